The van der Waals surface area contributed by atoms with E-state index >= 15 is 0 Å². The van der Waals surface area contributed by atoms with Gasteiger partial charge in [-0.1, -0.05) is 18.2 Å². The van der Waals surface area contributed by atoms with Gasteiger partial charge in [-0.3, -0.25) is 9.59 Å². The summed E-state index contributed by atoms with van der Waals surface area (Å²) in [5.41, 5.74) is 5.43. The number of methoxy groups -OCH3 is 2. The highest BCUT2D eigenvalue weighted by molar-refractivity contribution is 6.05. The van der Waals surface area contributed by atoms with Gasteiger partial charge in [0.2, 0.25) is 0 Å². The number of carbonyl (C=O) groups excluding carboxylic acids is 2. The molecular weight excluding hydrogens is 482 g/mol. The van der Waals surface area contributed by atoms with Crippen molar-refractivity contribution in [3.8, 4) is 11.5 Å². The lowest BCUT2D eigenvalue weighted by molar-refractivity contribution is 0.0300. The molecular formula is C30H33N3O5. The van der Waals surface area contributed by atoms with Crippen molar-refractivity contribution >= 4 is 17.5 Å². The quantitative estimate of drug-likeness (QED) is 0.488. The number of ether oxygens (including phenoxy) is 3. The average Bonchev–Trinajstić information content (AvgIpc) is 3.44. The van der Waals surface area contributed by atoms with E-state index in [1.807, 2.05) is 30.3 Å². The van der Waals surface area contributed by atoms with Crippen LogP contribution >= 0.6 is 0 Å². The Kier molecular flexibility index (Phi) is 7.91. The van der Waals surface area contributed by atoms with Crippen LogP contribution in [0.4, 0.5) is 5.69 Å². The van der Waals surface area contributed by atoms with Crippen LogP contribution in [0.25, 0.3) is 0 Å². The Labute approximate surface area is 223 Å². The molecule has 0 spiro atoms. The molecule has 8 heteroatoms. The van der Waals surface area contributed by atoms with Crippen LogP contribution in [0.3, 0.4) is 0 Å². The number of hydrogen-bond acceptors (Lipinski definition) is 6. The van der Waals surface area contributed by atoms with E-state index in [0.29, 0.717) is 48.9 Å². The Morgan fingerprint density at radius 1 is 0.895 bits per heavy atom. The minimum absolute atomic E-state index is 0.0992. The van der Waals surface area contributed by atoms with Crippen LogP contribution in [0.1, 0.15) is 43.8 Å². The van der Waals surface area contributed by atoms with Crippen LogP contribution in [0, 0.1) is 0 Å². The van der Waals surface area contributed by atoms with Crippen molar-refractivity contribution < 1.29 is 23.8 Å². The van der Waals surface area contributed by atoms with E-state index in [9.17, 15) is 9.59 Å². The molecule has 0 bridgehead atoms. The van der Waals surface area contributed by atoms with Crippen LogP contribution in [0.15, 0.2) is 60.7 Å². The predicted molar refractivity (Wildman–Crippen MR) is 145 cm³/mol. The minimum Gasteiger partial charge on any atom is -0.493 e. The maximum absolute atomic E-state index is 13.9. The minimum atomic E-state index is -0.240. The second kappa shape index (κ2) is 11.7. The second-order valence-electron chi connectivity index (χ2n) is 9.44. The van der Waals surface area contributed by atoms with E-state index in [1.165, 1.54) is 18.2 Å². The molecule has 8 nitrogen and oxygen atoms in total. The lowest BCUT2D eigenvalue weighted by atomic mass is 10.1. The number of amides is 2. The summed E-state index contributed by atoms with van der Waals surface area (Å²) in [4.78, 5) is 26.7. The van der Waals surface area contributed by atoms with Gasteiger partial charge in [0.05, 0.1) is 33.1 Å². The fourth-order valence-electron chi connectivity index (χ4n) is 5.05. The fraction of sp³-hybridized carbons (Fsp3) is 0.333. The van der Waals surface area contributed by atoms with E-state index in [4.69, 9.17) is 14.2 Å². The standard InChI is InChI=1S/C30H33N3O5/c1-36-27-12-10-24(19-28(27)37-2)29(34)31-20-21-5-3-8-25(17-21)30(35)33(32-13-15-38-16-14-32)26-11-9-22-6-4-7-23(22)18-26/h3,5,8-12,17-19H,4,6-7,13-16,20H2,1-2H3,(H,31,34). The van der Waals surface area contributed by atoms with Crippen molar-refractivity contribution in [2.75, 3.05) is 45.5 Å². The first kappa shape index (κ1) is 25.8. The molecule has 0 saturated carbocycles. The maximum Gasteiger partial charge on any atom is 0.272 e. The molecule has 1 heterocycles. The van der Waals surface area contributed by atoms with Gasteiger partial charge in [-0.25, -0.2) is 10.0 Å². The number of nitrogens with zero attached hydrogens (tertiary/aromatic N) is 2. The lowest BCUT2D eigenvalue weighted by Gasteiger charge is -2.37. The maximum atomic E-state index is 13.9. The molecule has 2 amide bonds. The molecule has 198 valence electrons. The largest absolute Gasteiger partial charge is 0.493 e. The molecule has 2 aliphatic rings. The molecule has 1 aliphatic carbocycles. The summed E-state index contributed by atoms with van der Waals surface area (Å²) in [6, 6.07) is 18.8. The van der Waals surface area contributed by atoms with Gasteiger partial charge in [0.15, 0.2) is 11.5 Å². The normalized spacial score (nSPS) is 15.0. The summed E-state index contributed by atoms with van der Waals surface area (Å²) in [6.07, 6.45) is 3.29. The average molecular weight is 516 g/mol. The van der Waals surface area contributed by atoms with E-state index < -0.39 is 0 Å². The Bertz CT molecular complexity index is 1320. The number of nitrogens with one attached hydrogen (secondary N) is 1. The first-order chi connectivity index (χ1) is 18.6. The van der Waals surface area contributed by atoms with Crippen LogP contribution in [-0.2, 0) is 24.1 Å². The van der Waals surface area contributed by atoms with E-state index in [0.717, 1.165) is 30.5 Å². The van der Waals surface area contributed by atoms with Gasteiger partial charge in [-0.15, -0.1) is 0 Å². The molecule has 5 rings (SSSR count). The summed E-state index contributed by atoms with van der Waals surface area (Å²) in [5.74, 6) is 0.708. The summed E-state index contributed by atoms with van der Waals surface area (Å²) in [5, 5.41) is 6.79. The number of benzene rings is 3. The summed E-state index contributed by atoms with van der Waals surface area (Å²) in [7, 11) is 3.08. The van der Waals surface area contributed by atoms with Gasteiger partial charge in [0, 0.05) is 30.8 Å². The van der Waals surface area contributed by atoms with Crippen molar-refractivity contribution in [2.24, 2.45) is 0 Å². The lowest BCUT2D eigenvalue weighted by Crippen LogP contribution is -2.52. The number of fused-ring (bicyclic) bond motifs is 1. The molecule has 0 atom stereocenters. The van der Waals surface area contributed by atoms with Gasteiger partial charge < -0.3 is 19.5 Å². The molecule has 0 aromatic heterocycles. The Morgan fingerprint density at radius 3 is 2.47 bits per heavy atom. The van der Waals surface area contributed by atoms with E-state index in [1.54, 1.807) is 30.3 Å². The molecule has 38 heavy (non-hydrogen) atoms. The highest BCUT2D eigenvalue weighted by Crippen LogP contribution is 2.30. The highest BCUT2D eigenvalue weighted by Gasteiger charge is 2.27. The number of morpholine rings is 1. The number of aryl methyl sites for hydroxylation is 2. The number of hydrogen-bond donors (Lipinski definition) is 1. The van der Waals surface area contributed by atoms with Gasteiger partial charge in [-0.2, -0.15) is 0 Å². The zero-order valence-electron chi connectivity index (χ0n) is 21.9. The van der Waals surface area contributed by atoms with Crippen molar-refractivity contribution in [1.29, 1.82) is 0 Å². The Hall–Kier alpha value is -3.88. The SMILES string of the molecule is COc1ccc(C(=O)NCc2cccc(C(=O)N(c3ccc4c(c3)CCC4)N3CCOCC3)c2)cc1OC. The number of anilines is 1. The summed E-state index contributed by atoms with van der Waals surface area (Å²) < 4.78 is 16.1. The first-order valence-electron chi connectivity index (χ1n) is 13.0. The Balaban J connectivity index is 1.34. The first-order valence-corrected chi connectivity index (χ1v) is 13.0. The monoisotopic (exact) mass is 515 g/mol. The number of carbonyl (C=O) groups is 2. The van der Waals surface area contributed by atoms with E-state index in [2.05, 4.69) is 22.5 Å². The van der Waals surface area contributed by atoms with Crippen molar-refractivity contribution in [1.82, 2.24) is 10.3 Å². The molecule has 0 unspecified atom stereocenters. The second-order valence-corrected chi connectivity index (χ2v) is 9.44. The number of rotatable bonds is 8. The molecule has 1 aliphatic heterocycles. The third-order valence-corrected chi connectivity index (χ3v) is 7.06. The topological polar surface area (TPSA) is 80.3 Å². The molecule has 1 saturated heterocycles. The predicted octanol–water partition coefficient (Wildman–Crippen LogP) is 4.02. The molecule has 1 N–H and O–H groups in total. The van der Waals surface area contributed by atoms with Crippen molar-refractivity contribution in [3.63, 3.8) is 0 Å². The Morgan fingerprint density at radius 2 is 1.68 bits per heavy atom. The molecule has 1 fully saturated rings. The van der Waals surface area contributed by atoms with E-state index in [-0.39, 0.29) is 18.4 Å². The van der Waals surface area contributed by atoms with Crippen LogP contribution in [-0.4, -0.2) is 57.3 Å². The van der Waals surface area contributed by atoms with Crippen LogP contribution in [0.5, 0.6) is 11.5 Å². The molecule has 0 radical (unpaired) electrons. The van der Waals surface area contributed by atoms with Crippen molar-refractivity contribution in [2.45, 2.75) is 25.8 Å². The zero-order chi connectivity index (χ0) is 26.5. The summed E-state index contributed by atoms with van der Waals surface area (Å²) >= 11 is 0. The third kappa shape index (κ3) is 5.51. The highest BCUT2D eigenvalue weighted by atomic mass is 16.5. The zero-order valence-corrected chi connectivity index (χ0v) is 21.9. The summed E-state index contributed by atoms with van der Waals surface area (Å²) in [6.45, 7) is 2.73. The van der Waals surface area contributed by atoms with Crippen LogP contribution in [0.2, 0.25) is 0 Å². The van der Waals surface area contributed by atoms with Gasteiger partial charge >= 0.3 is 0 Å². The number of hydrazine groups is 1. The fourth-order valence-corrected chi connectivity index (χ4v) is 5.05. The van der Waals surface area contributed by atoms with Crippen molar-refractivity contribution in [3.05, 3.63) is 88.5 Å². The van der Waals surface area contributed by atoms with Gasteiger partial charge in [-0.05, 0) is 78.4 Å². The molecule has 3 aromatic rings. The molecule has 3 aromatic carbocycles. The van der Waals surface area contributed by atoms with Gasteiger partial charge in [0.1, 0.15) is 0 Å². The smallest absolute Gasteiger partial charge is 0.272 e. The van der Waals surface area contributed by atoms with Crippen LogP contribution < -0.4 is 19.8 Å². The van der Waals surface area contributed by atoms with Gasteiger partial charge in [0.25, 0.3) is 11.8 Å². The third-order valence-electron chi connectivity index (χ3n) is 7.06.